The average Bonchev–Trinajstić information content (AvgIpc) is 2.72. The number of alkyl halides is 3. The molecule has 1 aromatic heterocycles. The first kappa shape index (κ1) is 20.4. The summed E-state index contributed by atoms with van der Waals surface area (Å²) < 4.78 is 43.6. The standard InChI is InChI=1S/C20H19F3N4O2/c1-29-16-7-5-15(6-8-16)26-19-24-10-9-18(27-19)25-12-17(28)13-3-2-4-14(11-13)20(21,22)23/h2-11,17,28H,12H2,1H3,(H2,24,25,26,27). The molecule has 29 heavy (non-hydrogen) atoms. The average molecular weight is 404 g/mol. The lowest BCUT2D eigenvalue weighted by Crippen LogP contribution is -2.14. The summed E-state index contributed by atoms with van der Waals surface area (Å²) in [6, 6.07) is 13.4. The Morgan fingerprint density at radius 1 is 1.10 bits per heavy atom. The lowest BCUT2D eigenvalue weighted by molar-refractivity contribution is -0.137. The molecule has 3 aromatic rings. The molecule has 0 bridgehead atoms. The molecule has 3 N–H and O–H groups in total. The molecule has 1 atom stereocenters. The van der Waals surface area contributed by atoms with Crippen molar-refractivity contribution in [2.24, 2.45) is 0 Å². The smallest absolute Gasteiger partial charge is 0.416 e. The molecule has 0 saturated carbocycles. The van der Waals surface area contributed by atoms with Gasteiger partial charge >= 0.3 is 6.18 Å². The number of benzene rings is 2. The van der Waals surface area contributed by atoms with Crippen LogP contribution < -0.4 is 15.4 Å². The van der Waals surface area contributed by atoms with E-state index >= 15 is 0 Å². The van der Waals surface area contributed by atoms with Crippen LogP contribution in [0.2, 0.25) is 0 Å². The number of hydrogen-bond donors (Lipinski definition) is 3. The molecule has 152 valence electrons. The fraction of sp³-hybridized carbons (Fsp3) is 0.200. The van der Waals surface area contributed by atoms with E-state index < -0.39 is 17.8 Å². The van der Waals surface area contributed by atoms with Crippen molar-refractivity contribution in [2.75, 3.05) is 24.3 Å². The van der Waals surface area contributed by atoms with E-state index in [9.17, 15) is 18.3 Å². The molecule has 1 heterocycles. The zero-order valence-electron chi connectivity index (χ0n) is 15.4. The summed E-state index contributed by atoms with van der Waals surface area (Å²) in [5.41, 5.74) is 0.118. The summed E-state index contributed by atoms with van der Waals surface area (Å²) in [5.74, 6) is 1.46. The van der Waals surface area contributed by atoms with Gasteiger partial charge in [0, 0.05) is 18.4 Å². The number of halogens is 3. The van der Waals surface area contributed by atoms with Gasteiger partial charge in [0.1, 0.15) is 11.6 Å². The van der Waals surface area contributed by atoms with Crippen LogP contribution in [0.15, 0.2) is 60.8 Å². The molecule has 2 aromatic carbocycles. The number of nitrogens with one attached hydrogen (secondary N) is 2. The van der Waals surface area contributed by atoms with Crippen molar-refractivity contribution in [3.05, 3.63) is 71.9 Å². The number of aromatic nitrogens is 2. The summed E-state index contributed by atoms with van der Waals surface area (Å²) in [6.45, 7) is -0.0136. The predicted octanol–water partition coefficient (Wildman–Crippen LogP) is 4.39. The van der Waals surface area contributed by atoms with Gasteiger partial charge in [0.2, 0.25) is 5.95 Å². The van der Waals surface area contributed by atoms with Crippen molar-refractivity contribution in [3.8, 4) is 5.75 Å². The van der Waals surface area contributed by atoms with E-state index in [1.807, 2.05) is 0 Å². The molecule has 0 aliphatic rings. The van der Waals surface area contributed by atoms with Crippen molar-refractivity contribution in [2.45, 2.75) is 12.3 Å². The van der Waals surface area contributed by atoms with Crippen LogP contribution in [0.3, 0.4) is 0 Å². The highest BCUT2D eigenvalue weighted by Gasteiger charge is 2.30. The minimum atomic E-state index is -4.46. The van der Waals surface area contributed by atoms with Gasteiger partial charge in [-0.15, -0.1) is 0 Å². The van der Waals surface area contributed by atoms with Gasteiger partial charge < -0.3 is 20.5 Å². The molecule has 0 fully saturated rings. The van der Waals surface area contributed by atoms with Crippen molar-refractivity contribution in [1.82, 2.24) is 9.97 Å². The summed E-state index contributed by atoms with van der Waals surface area (Å²) in [5, 5.41) is 16.2. The fourth-order valence-corrected chi connectivity index (χ4v) is 2.56. The predicted molar refractivity (Wildman–Crippen MR) is 103 cm³/mol. The van der Waals surface area contributed by atoms with Crippen LogP contribution in [0.5, 0.6) is 5.75 Å². The second kappa shape index (κ2) is 8.78. The number of aliphatic hydroxyl groups is 1. The quantitative estimate of drug-likeness (QED) is 0.542. The summed E-state index contributed by atoms with van der Waals surface area (Å²) in [7, 11) is 1.58. The van der Waals surface area contributed by atoms with Crippen LogP contribution in [-0.4, -0.2) is 28.7 Å². The van der Waals surface area contributed by atoms with E-state index in [0.717, 1.165) is 23.6 Å². The van der Waals surface area contributed by atoms with Crippen molar-refractivity contribution in [3.63, 3.8) is 0 Å². The number of ether oxygens (including phenoxy) is 1. The first-order valence-electron chi connectivity index (χ1n) is 8.68. The van der Waals surface area contributed by atoms with Crippen LogP contribution in [-0.2, 0) is 6.18 Å². The number of hydrogen-bond acceptors (Lipinski definition) is 6. The molecule has 0 saturated heterocycles. The van der Waals surface area contributed by atoms with Crippen molar-refractivity contribution < 1.29 is 23.0 Å². The van der Waals surface area contributed by atoms with E-state index in [1.165, 1.54) is 18.3 Å². The van der Waals surface area contributed by atoms with E-state index in [0.29, 0.717) is 11.8 Å². The van der Waals surface area contributed by atoms with Crippen LogP contribution >= 0.6 is 0 Å². The molecule has 1 unspecified atom stereocenters. The molecule has 3 rings (SSSR count). The van der Waals surface area contributed by atoms with Gasteiger partial charge in [-0.3, -0.25) is 0 Å². The number of aliphatic hydroxyl groups excluding tert-OH is 1. The Hall–Kier alpha value is -3.33. The first-order chi connectivity index (χ1) is 13.8. The number of methoxy groups -OCH3 is 1. The molecule has 6 nitrogen and oxygen atoms in total. The third kappa shape index (κ3) is 5.58. The van der Waals surface area contributed by atoms with E-state index in [2.05, 4.69) is 20.6 Å². The maximum absolute atomic E-state index is 12.8. The Bertz CT molecular complexity index is 949. The third-order valence-electron chi connectivity index (χ3n) is 4.08. The second-order valence-corrected chi connectivity index (χ2v) is 6.14. The van der Waals surface area contributed by atoms with Gasteiger partial charge in [-0.25, -0.2) is 4.98 Å². The lowest BCUT2D eigenvalue weighted by atomic mass is 10.1. The van der Waals surface area contributed by atoms with E-state index in [-0.39, 0.29) is 12.1 Å². The molecule has 0 amide bonds. The maximum Gasteiger partial charge on any atom is 0.416 e. The van der Waals surface area contributed by atoms with Gasteiger partial charge in [0.15, 0.2) is 0 Å². The molecular weight excluding hydrogens is 385 g/mol. The third-order valence-corrected chi connectivity index (χ3v) is 4.08. The monoisotopic (exact) mass is 404 g/mol. The van der Waals surface area contributed by atoms with Gasteiger partial charge in [-0.1, -0.05) is 12.1 Å². The normalized spacial score (nSPS) is 12.3. The largest absolute Gasteiger partial charge is 0.497 e. The Morgan fingerprint density at radius 3 is 2.55 bits per heavy atom. The van der Waals surface area contributed by atoms with Crippen LogP contribution in [0.1, 0.15) is 17.2 Å². The Morgan fingerprint density at radius 2 is 1.86 bits per heavy atom. The highest BCUT2D eigenvalue weighted by atomic mass is 19.4. The summed E-state index contributed by atoms with van der Waals surface area (Å²) in [4.78, 5) is 8.40. The minimum absolute atomic E-state index is 0.0136. The number of anilines is 3. The highest BCUT2D eigenvalue weighted by molar-refractivity contribution is 5.55. The molecule has 9 heteroatoms. The zero-order chi connectivity index (χ0) is 20.9. The molecular formula is C20H19F3N4O2. The first-order valence-corrected chi connectivity index (χ1v) is 8.68. The lowest BCUT2D eigenvalue weighted by Gasteiger charge is -2.15. The number of nitrogens with zero attached hydrogens (tertiary/aromatic N) is 2. The Balaban J connectivity index is 1.63. The van der Waals surface area contributed by atoms with Crippen molar-refractivity contribution >= 4 is 17.5 Å². The highest BCUT2D eigenvalue weighted by Crippen LogP contribution is 2.30. The van der Waals surface area contributed by atoms with E-state index in [4.69, 9.17) is 4.74 Å². The van der Waals surface area contributed by atoms with Crippen LogP contribution in [0.4, 0.5) is 30.6 Å². The molecule has 0 radical (unpaired) electrons. The van der Waals surface area contributed by atoms with Crippen molar-refractivity contribution in [1.29, 1.82) is 0 Å². The number of rotatable bonds is 7. The molecule has 0 aliphatic heterocycles. The Labute approximate surface area is 165 Å². The summed E-state index contributed by atoms with van der Waals surface area (Å²) >= 11 is 0. The molecule has 0 aliphatic carbocycles. The fourth-order valence-electron chi connectivity index (χ4n) is 2.56. The van der Waals surface area contributed by atoms with Crippen LogP contribution in [0, 0.1) is 0 Å². The topological polar surface area (TPSA) is 79.3 Å². The SMILES string of the molecule is COc1ccc(Nc2nccc(NCC(O)c3cccc(C(F)(F)F)c3)n2)cc1. The Kier molecular flexibility index (Phi) is 6.18. The second-order valence-electron chi connectivity index (χ2n) is 6.14. The van der Waals surface area contributed by atoms with Gasteiger partial charge in [-0.2, -0.15) is 18.2 Å². The molecule has 0 spiro atoms. The minimum Gasteiger partial charge on any atom is -0.497 e. The van der Waals surface area contributed by atoms with Crippen LogP contribution in [0.25, 0.3) is 0 Å². The van der Waals surface area contributed by atoms with Gasteiger partial charge in [-0.05, 0) is 48.0 Å². The zero-order valence-corrected chi connectivity index (χ0v) is 15.4. The van der Waals surface area contributed by atoms with Gasteiger partial charge in [0.05, 0.1) is 18.8 Å². The van der Waals surface area contributed by atoms with E-state index in [1.54, 1.807) is 37.4 Å². The summed E-state index contributed by atoms with van der Waals surface area (Å²) in [6.07, 6.45) is -4.07. The maximum atomic E-state index is 12.8. The van der Waals surface area contributed by atoms with Gasteiger partial charge in [0.25, 0.3) is 0 Å².